The van der Waals surface area contributed by atoms with Crippen molar-refractivity contribution in [3.8, 4) is 22.4 Å². The van der Waals surface area contributed by atoms with Crippen LogP contribution in [0, 0.1) is 10.1 Å². The predicted octanol–water partition coefficient (Wildman–Crippen LogP) is 5.30. The summed E-state index contributed by atoms with van der Waals surface area (Å²) in [6.45, 7) is 2.05. The second kappa shape index (κ2) is 6.92. The fourth-order valence-corrected chi connectivity index (χ4v) is 3.41. The highest BCUT2D eigenvalue weighted by Crippen LogP contribution is 2.32. The van der Waals surface area contributed by atoms with E-state index >= 15 is 0 Å². The molecule has 4 rings (SSSR count). The van der Waals surface area contributed by atoms with Gasteiger partial charge in [0.25, 0.3) is 5.69 Å². The van der Waals surface area contributed by atoms with Crippen LogP contribution in [0.1, 0.15) is 12.6 Å². The van der Waals surface area contributed by atoms with Crippen molar-refractivity contribution in [2.45, 2.75) is 13.3 Å². The van der Waals surface area contributed by atoms with Gasteiger partial charge in [-0.05, 0) is 30.2 Å². The van der Waals surface area contributed by atoms with Crippen molar-refractivity contribution in [1.82, 2.24) is 14.6 Å². The van der Waals surface area contributed by atoms with Gasteiger partial charge in [-0.3, -0.25) is 10.1 Å². The van der Waals surface area contributed by atoms with E-state index in [9.17, 15) is 10.1 Å². The molecule has 0 aliphatic heterocycles. The van der Waals surface area contributed by atoms with E-state index < -0.39 is 4.92 Å². The molecule has 134 valence electrons. The highest BCUT2D eigenvalue weighted by atomic mass is 79.9. The fourth-order valence-electron chi connectivity index (χ4n) is 3.15. The molecule has 0 aliphatic rings. The van der Waals surface area contributed by atoms with Crippen LogP contribution in [0.3, 0.4) is 0 Å². The van der Waals surface area contributed by atoms with Crippen LogP contribution in [0.4, 0.5) is 5.69 Å². The molecule has 2 heterocycles. The van der Waals surface area contributed by atoms with Gasteiger partial charge in [0.2, 0.25) is 0 Å². The Morgan fingerprint density at radius 2 is 1.89 bits per heavy atom. The lowest BCUT2D eigenvalue weighted by Gasteiger charge is -2.05. The summed E-state index contributed by atoms with van der Waals surface area (Å²) in [5.74, 6) is 0. The van der Waals surface area contributed by atoms with Crippen molar-refractivity contribution < 1.29 is 4.92 Å². The van der Waals surface area contributed by atoms with Gasteiger partial charge in [-0.15, -0.1) is 0 Å². The summed E-state index contributed by atoms with van der Waals surface area (Å²) in [4.78, 5) is 15.3. The number of aryl methyl sites for hydroxylation is 1. The second-order valence-electron chi connectivity index (χ2n) is 6.06. The lowest BCUT2D eigenvalue weighted by molar-refractivity contribution is -0.384. The summed E-state index contributed by atoms with van der Waals surface area (Å²) in [5.41, 5.74) is 5.23. The van der Waals surface area contributed by atoms with Crippen LogP contribution in [0.2, 0.25) is 0 Å². The molecule has 0 N–H and O–H groups in total. The number of hydrogen-bond donors (Lipinski definition) is 0. The average Bonchev–Trinajstić information content (AvgIpc) is 3.07. The first-order chi connectivity index (χ1) is 13.1. The zero-order valence-corrected chi connectivity index (χ0v) is 16.0. The molecule has 0 atom stereocenters. The topological polar surface area (TPSA) is 73.3 Å². The Balaban J connectivity index is 1.96. The van der Waals surface area contributed by atoms with Crippen molar-refractivity contribution >= 4 is 27.3 Å². The minimum absolute atomic E-state index is 0.0495. The molecular weight excluding hydrogens is 408 g/mol. The van der Waals surface area contributed by atoms with Gasteiger partial charge < -0.3 is 0 Å². The molecule has 7 heteroatoms. The first-order valence-electron chi connectivity index (χ1n) is 8.46. The van der Waals surface area contributed by atoms with E-state index in [1.165, 1.54) is 6.07 Å². The van der Waals surface area contributed by atoms with Crippen molar-refractivity contribution in [2.24, 2.45) is 0 Å². The van der Waals surface area contributed by atoms with Gasteiger partial charge in [0.05, 0.1) is 16.3 Å². The van der Waals surface area contributed by atoms with Crippen molar-refractivity contribution in [2.75, 3.05) is 0 Å². The number of nitrogens with zero attached hydrogens (tertiary/aromatic N) is 4. The van der Waals surface area contributed by atoms with Gasteiger partial charge in [0, 0.05) is 33.9 Å². The first-order valence-corrected chi connectivity index (χ1v) is 9.25. The molecule has 0 unspecified atom stereocenters. The third-order valence-corrected chi connectivity index (χ3v) is 4.94. The summed E-state index contributed by atoms with van der Waals surface area (Å²) >= 11 is 3.46. The number of aromatic nitrogens is 3. The van der Waals surface area contributed by atoms with Gasteiger partial charge in [0.1, 0.15) is 0 Å². The van der Waals surface area contributed by atoms with E-state index in [0.717, 1.165) is 44.6 Å². The second-order valence-corrected chi connectivity index (χ2v) is 6.97. The van der Waals surface area contributed by atoms with E-state index in [0.29, 0.717) is 0 Å². The number of benzene rings is 2. The maximum Gasteiger partial charge on any atom is 0.270 e. The van der Waals surface area contributed by atoms with Gasteiger partial charge in [0.15, 0.2) is 5.65 Å². The molecule has 4 aromatic rings. The number of nitro groups is 1. The maximum absolute atomic E-state index is 11.1. The molecule has 27 heavy (non-hydrogen) atoms. The maximum atomic E-state index is 11.1. The highest BCUT2D eigenvalue weighted by molar-refractivity contribution is 9.10. The quantitative estimate of drug-likeness (QED) is 0.330. The molecular formula is C20H15BrN4O2. The number of halogens is 1. The van der Waals surface area contributed by atoms with Gasteiger partial charge in [-0.25, -0.2) is 9.50 Å². The third-order valence-electron chi connectivity index (χ3n) is 4.41. The molecule has 0 radical (unpaired) electrons. The SMILES string of the molecule is CCc1nn2c(-c3cccc([N+](=O)[O-])c3)ccnc2c1-c1ccc(Br)cc1. The van der Waals surface area contributed by atoms with Crippen molar-refractivity contribution in [3.05, 3.63) is 81.1 Å². The van der Waals surface area contributed by atoms with Crippen LogP contribution in [0.5, 0.6) is 0 Å². The van der Waals surface area contributed by atoms with E-state index in [1.54, 1.807) is 22.8 Å². The van der Waals surface area contributed by atoms with Gasteiger partial charge >= 0.3 is 0 Å². The molecule has 0 fully saturated rings. The number of nitro benzene ring substituents is 1. The van der Waals surface area contributed by atoms with Crippen LogP contribution in [0.25, 0.3) is 28.0 Å². The number of fused-ring (bicyclic) bond motifs is 1. The lowest BCUT2D eigenvalue weighted by Crippen LogP contribution is -1.97. The Morgan fingerprint density at radius 3 is 2.59 bits per heavy atom. The number of hydrogen-bond acceptors (Lipinski definition) is 4. The molecule has 6 nitrogen and oxygen atoms in total. The van der Waals surface area contributed by atoms with Crippen LogP contribution in [-0.2, 0) is 6.42 Å². The third kappa shape index (κ3) is 3.10. The molecule has 0 saturated carbocycles. The smallest absolute Gasteiger partial charge is 0.258 e. The average molecular weight is 423 g/mol. The van der Waals surface area contributed by atoms with E-state index in [-0.39, 0.29) is 5.69 Å². The molecule has 0 bridgehead atoms. The van der Waals surface area contributed by atoms with E-state index in [2.05, 4.69) is 27.8 Å². The molecule has 0 aliphatic carbocycles. The van der Waals surface area contributed by atoms with Gasteiger partial charge in [-0.1, -0.05) is 47.1 Å². The van der Waals surface area contributed by atoms with Crippen LogP contribution >= 0.6 is 15.9 Å². The standard InChI is InChI=1S/C20H15BrN4O2/c1-2-17-19(13-6-8-15(21)9-7-13)20-22-11-10-18(24(20)23-17)14-4-3-5-16(12-14)25(26)27/h3-12H,2H2,1H3. The minimum atomic E-state index is -0.393. The summed E-state index contributed by atoms with van der Waals surface area (Å²) in [7, 11) is 0. The minimum Gasteiger partial charge on any atom is -0.258 e. The monoisotopic (exact) mass is 422 g/mol. The Bertz CT molecular complexity index is 1150. The first kappa shape index (κ1) is 17.4. The largest absolute Gasteiger partial charge is 0.270 e. The summed E-state index contributed by atoms with van der Waals surface area (Å²) in [5, 5.41) is 15.9. The Kier molecular flexibility index (Phi) is 4.45. The number of rotatable bonds is 4. The van der Waals surface area contributed by atoms with Crippen molar-refractivity contribution in [3.63, 3.8) is 0 Å². The van der Waals surface area contributed by atoms with Crippen molar-refractivity contribution in [1.29, 1.82) is 0 Å². The predicted molar refractivity (Wildman–Crippen MR) is 108 cm³/mol. The summed E-state index contributed by atoms with van der Waals surface area (Å²) < 4.78 is 2.78. The normalized spacial score (nSPS) is 11.0. The highest BCUT2D eigenvalue weighted by Gasteiger charge is 2.18. The van der Waals surface area contributed by atoms with Gasteiger partial charge in [-0.2, -0.15) is 5.10 Å². The molecule has 0 amide bonds. The molecule has 0 spiro atoms. The molecule has 2 aromatic heterocycles. The zero-order chi connectivity index (χ0) is 19.0. The van der Waals surface area contributed by atoms with E-state index in [4.69, 9.17) is 5.10 Å². The number of non-ortho nitro benzene ring substituents is 1. The Hall–Kier alpha value is -3.06. The Labute approximate surface area is 163 Å². The molecule has 0 saturated heterocycles. The molecule has 2 aromatic carbocycles. The van der Waals surface area contributed by atoms with Crippen LogP contribution in [0.15, 0.2) is 65.3 Å². The van der Waals surface area contributed by atoms with Crippen LogP contribution in [-0.4, -0.2) is 19.5 Å². The van der Waals surface area contributed by atoms with E-state index in [1.807, 2.05) is 36.4 Å². The van der Waals surface area contributed by atoms with Crippen LogP contribution < -0.4 is 0 Å². The zero-order valence-electron chi connectivity index (χ0n) is 14.5. The lowest BCUT2D eigenvalue weighted by atomic mass is 10.0. The Morgan fingerprint density at radius 1 is 1.11 bits per heavy atom. The summed E-state index contributed by atoms with van der Waals surface area (Å²) in [6.07, 6.45) is 2.47. The summed E-state index contributed by atoms with van der Waals surface area (Å²) in [6, 6.07) is 16.4. The fraction of sp³-hybridized carbons (Fsp3) is 0.100.